The summed E-state index contributed by atoms with van der Waals surface area (Å²) >= 11 is 5.86. The van der Waals surface area contributed by atoms with Gasteiger partial charge in [0, 0.05) is 28.2 Å². The van der Waals surface area contributed by atoms with Crippen molar-refractivity contribution in [3.63, 3.8) is 0 Å². The summed E-state index contributed by atoms with van der Waals surface area (Å²) in [6.07, 6.45) is 1.65. The zero-order valence-corrected chi connectivity index (χ0v) is 13.8. The van der Waals surface area contributed by atoms with Gasteiger partial charge in [-0.15, -0.1) is 12.4 Å². The number of rotatable bonds is 3. The molecule has 0 unspecified atom stereocenters. The van der Waals surface area contributed by atoms with Crippen molar-refractivity contribution in [1.29, 1.82) is 0 Å². The maximum Gasteiger partial charge on any atom is 0.291 e. The van der Waals surface area contributed by atoms with E-state index in [2.05, 4.69) is 10.3 Å². The molecule has 0 aliphatic carbocycles. The van der Waals surface area contributed by atoms with Gasteiger partial charge in [-0.3, -0.25) is 9.78 Å². The van der Waals surface area contributed by atoms with Crippen LogP contribution in [0, 0.1) is 6.92 Å². The van der Waals surface area contributed by atoms with Gasteiger partial charge in [0.2, 0.25) is 0 Å². The highest BCUT2D eigenvalue weighted by atomic mass is 35.5. The third-order valence-corrected chi connectivity index (χ3v) is 3.37. The Balaban J connectivity index is 0.00000192. The number of halogens is 2. The molecule has 3 aromatic rings. The Morgan fingerprint density at radius 1 is 1.13 bits per heavy atom. The highest BCUT2D eigenvalue weighted by Gasteiger charge is 2.12. The van der Waals surface area contributed by atoms with Crippen LogP contribution >= 0.6 is 24.0 Å². The predicted molar refractivity (Wildman–Crippen MR) is 93.3 cm³/mol. The molecule has 23 heavy (non-hydrogen) atoms. The summed E-state index contributed by atoms with van der Waals surface area (Å²) in [5.74, 6) is 0.568. The van der Waals surface area contributed by atoms with Crippen molar-refractivity contribution in [3.8, 4) is 11.3 Å². The molecule has 118 valence electrons. The van der Waals surface area contributed by atoms with Crippen LogP contribution < -0.4 is 5.32 Å². The van der Waals surface area contributed by atoms with Gasteiger partial charge in [0.15, 0.2) is 5.76 Å². The first-order valence-corrected chi connectivity index (χ1v) is 7.09. The van der Waals surface area contributed by atoms with Crippen molar-refractivity contribution in [3.05, 3.63) is 71.2 Å². The fraction of sp³-hybridized carbons (Fsp3) is 0.0588. The molecule has 0 saturated heterocycles. The van der Waals surface area contributed by atoms with E-state index >= 15 is 0 Å². The largest absolute Gasteiger partial charge is 0.451 e. The summed E-state index contributed by atoms with van der Waals surface area (Å²) < 4.78 is 5.60. The summed E-state index contributed by atoms with van der Waals surface area (Å²) in [6.45, 7) is 1.86. The molecule has 4 nitrogen and oxygen atoms in total. The van der Waals surface area contributed by atoms with Crippen molar-refractivity contribution >= 4 is 35.6 Å². The minimum atomic E-state index is -0.300. The Hall–Kier alpha value is -2.30. The van der Waals surface area contributed by atoms with E-state index < -0.39 is 0 Å². The average molecular weight is 349 g/mol. The number of pyridine rings is 1. The van der Waals surface area contributed by atoms with Crippen LogP contribution in [0.3, 0.4) is 0 Å². The molecule has 2 aromatic heterocycles. The van der Waals surface area contributed by atoms with Crippen LogP contribution in [-0.2, 0) is 0 Å². The summed E-state index contributed by atoms with van der Waals surface area (Å²) in [6, 6.07) is 14.2. The van der Waals surface area contributed by atoms with Crippen molar-refractivity contribution in [2.24, 2.45) is 0 Å². The molecule has 0 saturated carbocycles. The zero-order chi connectivity index (χ0) is 15.5. The van der Waals surface area contributed by atoms with E-state index in [0.29, 0.717) is 16.5 Å². The van der Waals surface area contributed by atoms with Gasteiger partial charge in [-0.1, -0.05) is 11.6 Å². The Morgan fingerprint density at radius 3 is 2.57 bits per heavy atom. The molecule has 2 heterocycles. The van der Waals surface area contributed by atoms with E-state index in [4.69, 9.17) is 16.0 Å². The van der Waals surface area contributed by atoms with Crippen molar-refractivity contribution in [2.45, 2.75) is 6.92 Å². The second-order valence-electron chi connectivity index (χ2n) is 4.81. The number of anilines is 1. The smallest absolute Gasteiger partial charge is 0.291 e. The number of aromatic nitrogens is 1. The maximum atomic E-state index is 12.2. The van der Waals surface area contributed by atoms with Crippen LogP contribution in [0.25, 0.3) is 11.3 Å². The lowest BCUT2D eigenvalue weighted by atomic mass is 10.2. The van der Waals surface area contributed by atoms with E-state index in [0.717, 1.165) is 11.3 Å². The monoisotopic (exact) mass is 348 g/mol. The molecule has 0 atom stereocenters. The number of aryl methyl sites for hydroxylation is 1. The summed E-state index contributed by atoms with van der Waals surface area (Å²) in [5, 5.41) is 3.43. The molecule has 0 radical (unpaired) electrons. The molecular weight excluding hydrogens is 335 g/mol. The van der Waals surface area contributed by atoms with Gasteiger partial charge in [0.25, 0.3) is 5.91 Å². The average Bonchev–Trinajstić information content (AvgIpc) is 2.98. The van der Waals surface area contributed by atoms with Gasteiger partial charge in [-0.25, -0.2) is 0 Å². The van der Waals surface area contributed by atoms with Gasteiger partial charge in [0.05, 0.1) is 0 Å². The van der Waals surface area contributed by atoms with Gasteiger partial charge in [-0.2, -0.15) is 0 Å². The molecule has 1 amide bonds. The van der Waals surface area contributed by atoms with Crippen molar-refractivity contribution in [1.82, 2.24) is 4.98 Å². The van der Waals surface area contributed by atoms with E-state index in [1.807, 2.05) is 19.1 Å². The standard InChI is InChI=1S/C17H13ClN2O2.ClH/c1-11-10-14(8-9-19-11)20-17(21)16-7-6-15(22-16)12-2-4-13(18)5-3-12;/h2-10H,1H3,(H,19,20,21);1H. The molecule has 1 N–H and O–H groups in total. The topological polar surface area (TPSA) is 55.1 Å². The second-order valence-corrected chi connectivity index (χ2v) is 5.25. The van der Waals surface area contributed by atoms with Crippen LogP contribution in [-0.4, -0.2) is 10.9 Å². The minimum Gasteiger partial charge on any atom is -0.451 e. The fourth-order valence-electron chi connectivity index (χ4n) is 2.05. The van der Waals surface area contributed by atoms with Gasteiger partial charge in [0.1, 0.15) is 5.76 Å². The van der Waals surface area contributed by atoms with Crippen LogP contribution in [0.2, 0.25) is 5.02 Å². The molecule has 0 fully saturated rings. The second kappa shape index (κ2) is 7.31. The molecule has 0 spiro atoms. The fourth-order valence-corrected chi connectivity index (χ4v) is 2.17. The van der Waals surface area contributed by atoms with Gasteiger partial charge < -0.3 is 9.73 Å². The summed E-state index contributed by atoms with van der Waals surface area (Å²) in [7, 11) is 0. The lowest BCUT2D eigenvalue weighted by Gasteiger charge is -2.03. The highest BCUT2D eigenvalue weighted by molar-refractivity contribution is 6.30. The first kappa shape index (κ1) is 17.1. The molecule has 3 rings (SSSR count). The molecule has 6 heteroatoms. The van der Waals surface area contributed by atoms with E-state index in [9.17, 15) is 4.79 Å². The summed E-state index contributed by atoms with van der Waals surface area (Å²) in [4.78, 5) is 16.3. The minimum absolute atomic E-state index is 0. The van der Waals surface area contributed by atoms with Crippen LogP contribution in [0.4, 0.5) is 5.69 Å². The Labute approximate surface area is 144 Å². The highest BCUT2D eigenvalue weighted by Crippen LogP contribution is 2.24. The molecular formula is C17H14Cl2N2O2. The van der Waals surface area contributed by atoms with Crippen LogP contribution in [0.5, 0.6) is 0 Å². The first-order valence-electron chi connectivity index (χ1n) is 6.71. The van der Waals surface area contributed by atoms with Crippen molar-refractivity contribution in [2.75, 3.05) is 5.32 Å². The van der Waals surface area contributed by atoms with E-state index in [-0.39, 0.29) is 24.1 Å². The zero-order valence-electron chi connectivity index (χ0n) is 12.2. The van der Waals surface area contributed by atoms with E-state index in [1.165, 1.54) is 0 Å². The SMILES string of the molecule is Cc1cc(NC(=O)c2ccc(-c3ccc(Cl)cc3)o2)ccn1.Cl. The number of benzene rings is 1. The number of carbonyl (C=O) groups excluding carboxylic acids is 1. The molecule has 1 aromatic carbocycles. The number of hydrogen-bond donors (Lipinski definition) is 1. The molecule has 0 aliphatic rings. The normalized spacial score (nSPS) is 10.0. The van der Waals surface area contributed by atoms with Gasteiger partial charge >= 0.3 is 0 Å². The number of hydrogen-bond acceptors (Lipinski definition) is 3. The Morgan fingerprint density at radius 2 is 1.87 bits per heavy atom. The number of carbonyl (C=O) groups is 1. The third-order valence-electron chi connectivity index (χ3n) is 3.11. The maximum absolute atomic E-state index is 12.2. The number of amides is 1. The number of furan rings is 1. The van der Waals surface area contributed by atoms with Crippen LogP contribution in [0.15, 0.2) is 59.1 Å². The predicted octanol–water partition coefficient (Wildman–Crippen LogP) is 4.98. The van der Waals surface area contributed by atoms with Crippen LogP contribution in [0.1, 0.15) is 16.2 Å². The van der Waals surface area contributed by atoms with Crippen molar-refractivity contribution < 1.29 is 9.21 Å². The summed E-state index contributed by atoms with van der Waals surface area (Å²) in [5.41, 5.74) is 2.38. The number of nitrogens with zero attached hydrogens (tertiary/aromatic N) is 1. The lowest BCUT2D eigenvalue weighted by Crippen LogP contribution is -2.10. The van der Waals surface area contributed by atoms with E-state index in [1.54, 1.807) is 42.6 Å². The Kier molecular flexibility index (Phi) is 5.42. The lowest BCUT2D eigenvalue weighted by molar-refractivity contribution is 0.0997. The molecule has 0 bridgehead atoms. The first-order chi connectivity index (χ1) is 10.6. The Bertz CT molecular complexity index is 813. The quantitative estimate of drug-likeness (QED) is 0.726. The van der Waals surface area contributed by atoms with Gasteiger partial charge in [-0.05, 0) is 55.5 Å². The number of nitrogens with one attached hydrogen (secondary N) is 1. The third kappa shape index (κ3) is 4.12. The molecule has 0 aliphatic heterocycles.